The average molecular weight is 191 g/mol. The normalized spacial score (nSPS) is 10.4. The summed E-state index contributed by atoms with van der Waals surface area (Å²) >= 11 is 0. The Hall–Kier alpha value is -1.82. The molecule has 72 valence electrons. The van der Waals surface area contributed by atoms with Crippen molar-refractivity contribution in [1.82, 2.24) is 25.2 Å². The SMILES string of the molecule is Cc1cc(-n2cnnn2)cnc1CO. The van der Waals surface area contributed by atoms with Crippen LogP contribution in [0.5, 0.6) is 0 Å². The topological polar surface area (TPSA) is 76.7 Å². The Kier molecular flexibility index (Phi) is 2.19. The standard InChI is InChI=1S/C8H9N5O/c1-6-2-7(3-9-8(6)4-14)13-5-10-11-12-13/h2-3,5,14H,4H2,1H3. The first-order valence-electron chi connectivity index (χ1n) is 4.11. The van der Waals surface area contributed by atoms with Crippen LogP contribution >= 0.6 is 0 Å². The van der Waals surface area contributed by atoms with Crippen molar-refractivity contribution in [1.29, 1.82) is 0 Å². The monoisotopic (exact) mass is 191 g/mol. The molecule has 0 radical (unpaired) electrons. The summed E-state index contributed by atoms with van der Waals surface area (Å²) in [4.78, 5) is 4.09. The predicted molar refractivity (Wildman–Crippen MR) is 47.6 cm³/mol. The van der Waals surface area contributed by atoms with Crippen LogP contribution in [0.3, 0.4) is 0 Å². The van der Waals surface area contributed by atoms with Crippen molar-refractivity contribution in [2.75, 3.05) is 0 Å². The molecule has 1 N–H and O–H groups in total. The van der Waals surface area contributed by atoms with Gasteiger partial charge in [0.25, 0.3) is 0 Å². The Balaban J connectivity index is 2.43. The number of nitrogens with zero attached hydrogens (tertiary/aromatic N) is 5. The number of hydrogen-bond donors (Lipinski definition) is 1. The number of hydrogen-bond acceptors (Lipinski definition) is 5. The fourth-order valence-corrected chi connectivity index (χ4v) is 1.16. The van der Waals surface area contributed by atoms with Gasteiger partial charge in [0.2, 0.25) is 0 Å². The zero-order chi connectivity index (χ0) is 9.97. The largest absolute Gasteiger partial charge is 0.390 e. The molecule has 0 aliphatic carbocycles. The van der Waals surface area contributed by atoms with Gasteiger partial charge in [-0.1, -0.05) is 0 Å². The van der Waals surface area contributed by atoms with Crippen molar-refractivity contribution in [3.63, 3.8) is 0 Å². The maximum atomic E-state index is 8.93. The minimum absolute atomic E-state index is 0.0538. The summed E-state index contributed by atoms with van der Waals surface area (Å²) in [6.07, 6.45) is 3.12. The minimum atomic E-state index is -0.0538. The molecule has 6 heteroatoms. The second-order valence-corrected chi connectivity index (χ2v) is 2.87. The molecule has 0 saturated heterocycles. The Morgan fingerprint density at radius 1 is 1.50 bits per heavy atom. The first-order valence-corrected chi connectivity index (χ1v) is 4.11. The van der Waals surface area contributed by atoms with Crippen LogP contribution in [0.15, 0.2) is 18.6 Å². The number of aliphatic hydroxyl groups is 1. The zero-order valence-corrected chi connectivity index (χ0v) is 7.62. The molecule has 0 saturated carbocycles. The van der Waals surface area contributed by atoms with Crippen LogP contribution in [0, 0.1) is 6.92 Å². The lowest BCUT2D eigenvalue weighted by atomic mass is 10.2. The fraction of sp³-hybridized carbons (Fsp3) is 0.250. The summed E-state index contributed by atoms with van der Waals surface area (Å²) < 4.78 is 1.52. The zero-order valence-electron chi connectivity index (χ0n) is 7.62. The molecule has 0 aliphatic rings. The molecule has 2 aromatic rings. The quantitative estimate of drug-likeness (QED) is 0.714. The van der Waals surface area contributed by atoms with E-state index in [1.54, 1.807) is 6.20 Å². The third-order valence-electron chi connectivity index (χ3n) is 1.94. The number of pyridine rings is 1. The van der Waals surface area contributed by atoms with Gasteiger partial charge in [0.1, 0.15) is 6.33 Å². The molecule has 0 aliphatic heterocycles. The van der Waals surface area contributed by atoms with Crippen molar-refractivity contribution in [3.8, 4) is 5.69 Å². The van der Waals surface area contributed by atoms with Crippen LogP contribution < -0.4 is 0 Å². The van der Waals surface area contributed by atoms with Crippen LogP contribution in [0.25, 0.3) is 5.69 Å². The van der Waals surface area contributed by atoms with Gasteiger partial charge in [-0.05, 0) is 29.0 Å². The van der Waals surface area contributed by atoms with E-state index in [-0.39, 0.29) is 6.61 Å². The minimum Gasteiger partial charge on any atom is -0.390 e. The third-order valence-corrected chi connectivity index (χ3v) is 1.94. The highest BCUT2D eigenvalue weighted by Gasteiger charge is 2.02. The van der Waals surface area contributed by atoms with E-state index in [0.717, 1.165) is 11.3 Å². The van der Waals surface area contributed by atoms with Crippen LogP contribution in [-0.2, 0) is 6.61 Å². The van der Waals surface area contributed by atoms with E-state index in [0.29, 0.717) is 5.69 Å². The summed E-state index contributed by atoms with van der Waals surface area (Å²) in [5.74, 6) is 0. The van der Waals surface area contributed by atoms with Crippen LogP contribution in [-0.4, -0.2) is 30.3 Å². The molecule has 0 atom stereocenters. The van der Waals surface area contributed by atoms with E-state index in [2.05, 4.69) is 20.5 Å². The molecule has 0 unspecified atom stereocenters. The highest BCUT2D eigenvalue weighted by atomic mass is 16.3. The highest BCUT2D eigenvalue weighted by molar-refractivity contribution is 5.33. The molecule has 0 spiro atoms. The predicted octanol–water partition coefficient (Wildman–Crippen LogP) is -0.142. The maximum absolute atomic E-state index is 8.93. The summed E-state index contributed by atoms with van der Waals surface area (Å²) in [6.45, 7) is 1.83. The Bertz CT molecular complexity index is 425. The lowest BCUT2D eigenvalue weighted by Gasteiger charge is -2.03. The van der Waals surface area contributed by atoms with Crippen molar-refractivity contribution in [2.24, 2.45) is 0 Å². The number of tetrazole rings is 1. The van der Waals surface area contributed by atoms with E-state index < -0.39 is 0 Å². The number of aromatic nitrogens is 5. The lowest BCUT2D eigenvalue weighted by Crippen LogP contribution is -2.00. The van der Waals surface area contributed by atoms with Gasteiger partial charge < -0.3 is 5.11 Å². The third kappa shape index (κ3) is 1.47. The van der Waals surface area contributed by atoms with E-state index in [1.807, 2.05) is 13.0 Å². The Labute approximate surface area is 80.2 Å². The van der Waals surface area contributed by atoms with Gasteiger partial charge >= 0.3 is 0 Å². The molecule has 2 heterocycles. The van der Waals surface area contributed by atoms with Gasteiger partial charge in [-0.25, -0.2) is 0 Å². The number of aliphatic hydroxyl groups excluding tert-OH is 1. The molecule has 0 aromatic carbocycles. The lowest BCUT2D eigenvalue weighted by molar-refractivity contribution is 0.276. The van der Waals surface area contributed by atoms with Gasteiger partial charge in [0.15, 0.2) is 0 Å². The molecule has 2 rings (SSSR count). The van der Waals surface area contributed by atoms with Crippen LogP contribution in [0.1, 0.15) is 11.3 Å². The van der Waals surface area contributed by atoms with E-state index in [4.69, 9.17) is 5.11 Å². The fourth-order valence-electron chi connectivity index (χ4n) is 1.16. The molecule has 0 amide bonds. The second-order valence-electron chi connectivity index (χ2n) is 2.87. The summed E-state index contributed by atoms with van der Waals surface area (Å²) in [6, 6.07) is 1.87. The first kappa shape index (κ1) is 8.76. The summed E-state index contributed by atoms with van der Waals surface area (Å²) in [5.41, 5.74) is 2.37. The van der Waals surface area contributed by atoms with Gasteiger partial charge in [-0.15, -0.1) is 5.10 Å². The number of aryl methyl sites for hydroxylation is 1. The smallest absolute Gasteiger partial charge is 0.143 e. The van der Waals surface area contributed by atoms with E-state index >= 15 is 0 Å². The summed E-state index contributed by atoms with van der Waals surface area (Å²) in [5, 5.41) is 19.7. The molecule has 2 aromatic heterocycles. The van der Waals surface area contributed by atoms with Gasteiger partial charge in [-0.3, -0.25) is 4.98 Å². The first-order chi connectivity index (χ1) is 6.81. The molecular weight excluding hydrogens is 182 g/mol. The van der Waals surface area contributed by atoms with Gasteiger partial charge in [0, 0.05) is 0 Å². The van der Waals surface area contributed by atoms with Crippen molar-refractivity contribution in [2.45, 2.75) is 13.5 Å². The van der Waals surface area contributed by atoms with Crippen LogP contribution in [0.4, 0.5) is 0 Å². The van der Waals surface area contributed by atoms with Crippen molar-refractivity contribution < 1.29 is 5.11 Å². The average Bonchev–Trinajstić information content (AvgIpc) is 2.70. The number of rotatable bonds is 2. The highest BCUT2D eigenvalue weighted by Crippen LogP contribution is 2.09. The van der Waals surface area contributed by atoms with E-state index in [9.17, 15) is 0 Å². The molecule has 0 fully saturated rings. The Morgan fingerprint density at radius 2 is 2.36 bits per heavy atom. The molecule has 0 bridgehead atoms. The van der Waals surface area contributed by atoms with E-state index in [1.165, 1.54) is 11.0 Å². The van der Waals surface area contributed by atoms with Crippen molar-refractivity contribution >= 4 is 0 Å². The molecule has 6 nitrogen and oxygen atoms in total. The van der Waals surface area contributed by atoms with Crippen molar-refractivity contribution in [3.05, 3.63) is 29.8 Å². The molecule has 14 heavy (non-hydrogen) atoms. The summed E-state index contributed by atoms with van der Waals surface area (Å²) in [7, 11) is 0. The van der Waals surface area contributed by atoms with Gasteiger partial charge in [0.05, 0.1) is 24.2 Å². The molecular formula is C8H9N5O. The van der Waals surface area contributed by atoms with Crippen LogP contribution in [0.2, 0.25) is 0 Å². The Morgan fingerprint density at radius 3 is 2.93 bits per heavy atom. The second kappa shape index (κ2) is 3.51. The van der Waals surface area contributed by atoms with Gasteiger partial charge in [-0.2, -0.15) is 4.68 Å². The maximum Gasteiger partial charge on any atom is 0.143 e.